The lowest BCUT2D eigenvalue weighted by Crippen LogP contribution is -2.60. The van der Waals surface area contributed by atoms with Crippen LogP contribution in [0.2, 0.25) is 0 Å². The van der Waals surface area contributed by atoms with Gasteiger partial charge >= 0.3 is 0 Å². The summed E-state index contributed by atoms with van der Waals surface area (Å²) in [6.07, 6.45) is 4.00. The molecule has 0 N–H and O–H groups in total. The van der Waals surface area contributed by atoms with Crippen molar-refractivity contribution in [2.45, 2.75) is 97.1 Å². The van der Waals surface area contributed by atoms with Crippen LogP contribution >= 0.6 is 0 Å². The van der Waals surface area contributed by atoms with Crippen molar-refractivity contribution in [3.8, 4) is 0 Å². The lowest BCUT2D eigenvalue weighted by Gasteiger charge is -2.51. The molecular formula is C17H34O3. The molecule has 1 heterocycles. The molecule has 1 aliphatic rings. The van der Waals surface area contributed by atoms with E-state index in [0.29, 0.717) is 13.2 Å². The van der Waals surface area contributed by atoms with Gasteiger partial charge in [-0.05, 0) is 46.5 Å². The summed E-state index contributed by atoms with van der Waals surface area (Å²) < 4.78 is 18.6. The fraction of sp³-hybridized carbons (Fsp3) is 1.00. The van der Waals surface area contributed by atoms with Crippen LogP contribution in [0.3, 0.4) is 0 Å². The van der Waals surface area contributed by atoms with Crippen LogP contribution in [0.5, 0.6) is 0 Å². The van der Waals surface area contributed by atoms with E-state index in [9.17, 15) is 0 Å². The number of ether oxygens (including phenoxy) is 3. The molecule has 0 aliphatic carbocycles. The van der Waals surface area contributed by atoms with Crippen molar-refractivity contribution in [1.29, 1.82) is 0 Å². The number of hydrogen-bond donors (Lipinski definition) is 0. The minimum absolute atomic E-state index is 0.0389. The highest BCUT2D eigenvalue weighted by Crippen LogP contribution is 2.40. The summed E-state index contributed by atoms with van der Waals surface area (Å²) >= 11 is 0. The first-order valence-electron chi connectivity index (χ1n) is 8.23. The van der Waals surface area contributed by atoms with Gasteiger partial charge in [0.25, 0.3) is 0 Å². The third kappa shape index (κ3) is 3.55. The topological polar surface area (TPSA) is 27.7 Å². The van der Waals surface area contributed by atoms with Crippen LogP contribution in [-0.2, 0) is 14.2 Å². The molecule has 1 saturated heterocycles. The number of rotatable bonds is 7. The van der Waals surface area contributed by atoms with Crippen LogP contribution in [-0.4, -0.2) is 36.1 Å². The molecule has 1 aliphatic heterocycles. The molecule has 0 amide bonds. The largest absolute Gasteiger partial charge is 0.373 e. The van der Waals surface area contributed by atoms with Crippen molar-refractivity contribution in [1.82, 2.24) is 0 Å². The minimum Gasteiger partial charge on any atom is -0.373 e. The molecular weight excluding hydrogens is 252 g/mol. The summed E-state index contributed by atoms with van der Waals surface area (Å²) in [4.78, 5) is 0. The predicted molar refractivity (Wildman–Crippen MR) is 83.2 cm³/mol. The Morgan fingerprint density at radius 2 is 1.60 bits per heavy atom. The fourth-order valence-corrected chi connectivity index (χ4v) is 2.72. The second-order valence-electron chi connectivity index (χ2n) is 6.69. The molecule has 1 rings (SSSR count). The molecule has 120 valence electrons. The van der Waals surface area contributed by atoms with Crippen LogP contribution in [0.25, 0.3) is 0 Å². The minimum atomic E-state index is -0.233. The number of hydrogen-bond acceptors (Lipinski definition) is 3. The molecule has 0 bridgehead atoms. The standard InChI is InChI=1S/C17H34O3/c1-8-15(5,9-2)18-12-14-13-19-16(6,10-3)17(7,11-4)20-14/h14H,8-13H2,1-7H3. The van der Waals surface area contributed by atoms with E-state index in [-0.39, 0.29) is 22.9 Å². The van der Waals surface area contributed by atoms with Crippen LogP contribution in [0.1, 0.15) is 74.1 Å². The Kier molecular flexibility index (Phi) is 6.06. The Morgan fingerprint density at radius 1 is 1.05 bits per heavy atom. The molecule has 3 heteroatoms. The summed E-state index contributed by atoms with van der Waals surface area (Å²) in [6.45, 7) is 16.4. The first-order chi connectivity index (χ1) is 9.28. The Bertz CT molecular complexity index is 301. The lowest BCUT2D eigenvalue weighted by molar-refractivity contribution is -0.289. The molecule has 3 nitrogen and oxygen atoms in total. The van der Waals surface area contributed by atoms with Gasteiger partial charge in [-0.25, -0.2) is 0 Å². The van der Waals surface area contributed by atoms with E-state index in [2.05, 4.69) is 48.5 Å². The van der Waals surface area contributed by atoms with Crippen molar-refractivity contribution < 1.29 is 14.2 Å². The van der Waals surface area contributed by atoms with E-state index in [1.165, 1.54) is 0 Å². The van der Waals surface area contributed by atoms with Crippen molar-refractivity contribution in [3.63, 3.8) is 0 Å². The van der Waals surface area contributed by atoms with Crippen molar-refractivity contribution in [3.05, 3.63) is 0 Å². The van der Waals surface area contributed by atoms with E-state index < -0.39 is 0 Å². The Labute approximate surface area is 125 Å². The fourth-order valence-electron chi connectivity index (χ4n) is 2.72. The van der Waals surface area contributed by atoms with Gasteiger partial charge in [0.1, 0.15) is 6.10 Å². The van der Waals surface area contributed by atoms with Gasteiger partial charge in [-0.2, -0.15) is 0 Å². The van der Waals surface area contributed by atoms with Crippen LogP contribution < -0.4 is 0 Å². The Morgan fingerprint density at radius 3 is 2.05 bits per heavy atom. The van der Waals surface area contributed by atoms with Gasteiger partial charge in [-0.1, -0.05) is 27.7 Å². The zero-order valence-corrected chi connectivity index (χ0v) is 14.5. The second-order valence-corrected chi connectivity index (χ2v) is 6.69. The van der Waals surface area contributed by atoms with Gasteiger partial charge in [-0.15, -0.1) is 0 Å². The van der Waals surface area contributed by atoms with Gasteiger partial charge in [-0.3, -0.25) is 0 Å². The molecule has 0 saturated carbocycles. The quantitative estimate of drug-likeness (QED) is 0.697. The van der Waals surface area contributed by atoms with E-state index in [0.717, 1.165) is 25.7 Å². The van der Waals surface area contributed by atoms with Gasteiger partial charge in [0.2, 0.25) is 0 Å². The van der Waals surface area contributed by atoms with E-state index in [1.54, 1.807) is 0 Å². The second kappa shape index (κ2) is 6.76. The monoisotopic (exact) mass is 286 g/mol. The van der Waals surface area contributed by atoms with E-state index >= 15 is 0 Å². The molecule has 1 fully saturated rings. The Hall–Kier alpha value is -0.120. The lowest BCUT2D eigenvalue weighted by atomic mass is 9.80. The Balaban J connectivity index is 2.65. The molecule has 0 aromatic rings. The molecule has 0 spiro atoms. The third-order valence-corrected chi connectivity index (χ3v) is 5.60. The van der Waals surface area contributed by atoms with Crippen molar-refractivity contribution in [2.75, 3.05) is 13.2 Å². The van der Waals surface area contributed by atoms with Crippen LogP contribution in [0.15, 0.2) is 0 Å². The molecule has 0 aromatic heterocycles. The molecule has 3 unspecified atom stereocenters. The summed E-state index contributed by atoms with van der Waals surface area (Å²) in [6, 6.07) is 0. The summed E-state index contributed by atoms with van der Waals surface area (Å²) in [5, 5.41) is 0. The molecule has 3 atom stereocenters. The van der Waals surface area contributed by atoms with Gasteiger partial charge in [0, 0.05) is 0 Å². The smallest absolute Gasteiger partial charge is 0.105 e. The molecule has 0 radical (unpaired) electrons. The van der Waals surface area contributed by atoms with Crippen molar-refractivity contribution in [2.24, 2.45) is 0 Å². The summed E-state index contributed by atoms with van der Waals surface area (Å²) in [5.41, 5.74) is -0.475. The van der Waals surface area contributed by atoms with Crippen LogP contribution in [0, 0.1) is 0 Å². The first-order valence-corrected chi connectivity index (χ1v) is 8.23. The highest BCUT2D eigenvalue weighted by molar-refractivity contribution is 4.98. The van der Waals surface area contributed by atoms with Gasteiger partial charge < -0.3 is 14.2 Å². The highest BCUT2D eigenvalue weighted by atomic mass is 16.6. The van der Waals surface area contributed by atoms with Crippen molar-refractivity contribution >= 4 is 0 Å². The molecule has 20 heavy (non-hydrogen) atoms. The summed E-state index contributed by atoms with van der Waals surface area (Å²) in [5.74, 6) is 0. The average molecular weight is 286 g/mol. The van der Waals surface area contributed by atoms with Gasteiger partial charge in [0.05, 0.1) is 30.0 Å². The van der Waals surface area contributed by atoms with E-state index in [1.807, 2.05) is 0 Å². The predicted octanol–water partition coefficient (Wildman–Crippen LogP) is 4.33. The highest BCUT2D eigenvalue weighted by Gasteiger charge is 2.49. The SMILES string of the molecule is CCC(C)(CC)OCC1COC(C)(CC)C(C)(CC)O1. The van der Waals surface area contributed by atoms with Gasteiger partial charge in [0.15, 0.2) is 0 Å². The third-order valence-electron chi connectivity index (χ3n) is 5.60. The molecule has 0 aromatic carbocycles. The average Bonchev–Trinajstić information content (AvgIpc) is 2.48. The zero-order valence-electron chi connectivity index (χ0n) is 14.5. The zero-order chi connectivity index (χ0) is 15.4. The maximum absolute atomic E-state index is 6.36. The maximum atomic E-state index is 6.36. The first kappa shape index (κ1) is 17.9. The van der Waals surface area contributed by atoms with Crippen LogP contribution in [0.4, 0.5) is 0 Å². The van der Waals surface area contributed by atoms with E-state index in [4.69, 9.17) is 14.2 Å². The summed E-state index contributed by atoms with van der Waals surface area (Å²) in [7, 11) is 0. The maximum Gasteiger partial charge on any atom is 0.105 e. The normalized spacial score (nSPS) is 35.2.